The predicted octanol–water partition coefficient (Wildman–Crippen LogP) is 2.43. The first kappa shape index (κ1) is 22.4. The fraction of sp³-hybridized carbons (Fsp3) is 0.263. The number of hydrogen-bond acceptors (Lipinski definition) is 5. The molecule has 0 aliphatic heterocycles. The van der Waals surface area contributed by atoms with Crippen LogP contribution in [-0.4, -0.2) is 38.2 Å². The van der Waals surface area contributed by atoms with Crippen molar-refractivity contribution in [2.45, 2.75) is 12.5 Å². The highest BCUT2D eigenvalue weighted by atomic mass is 35.5. The van der Waals surface area contributed by atoms with Crippen LogP contribution in [-0.2, 0) is 14.3 Å². The number of para-hydroxylation sites is 1. The maximum Gasteiger partial charge on any atom is 0.262 e. The average Bonchev–Trinajstić information content (AvgIpc) is 2.65. The highest BCUT2D eigenvalue weighted by Gasteiger charge is 2.12. The van der Waals surface area contributed by atoms with Crippen LogP contribution >= 0.6 is 12.4 Å². The quantitative estimate of drug-likeness (QED) is 0.607. The molecule has 2 aromatic rings. The second-order valence-corrected chi connectivity index (χ2v) is 5.58. The van der Waals surface area contributed by atoms with Crippen molar-refractivity contribution in [2.75, 3.05) is 30.9 Å². The molecule has 0 aromatic heterocycles. The third-order valence-corrected chi connectivity index (χ3v) is 3.55. The number of ether oxygens (including phenoxy) is 2. The van der Waals surface area contributed by atoms with Crippen LogP contribution in [0.2, 0.25) is 0 Å². The Kier molecular flexibility index (Phi) is 9.89. The first-order valence-electron chi connectivity index (χ1n) is 8.21. The van der Waals surface area contributed by atoms with Crippen molar-refractivity contribution in [3.8, 4) is 5.75 Å². The summed E-state index contributed by atoms with van der Waals surface area (Å²) in [6.07, 6.45) is -0.159. The van der Waals surface area contributed by atoms with Crippen molar-refractivity contribution < 1.29 is 19.1 Å². The third kappa shape index (κ3) is 8.08. The predicted molar refractivity (Wildman–Crippen MR) is 107 cm³/mol. The summed E-state index contributed by atoms with van der Waals surface area (Å²) in [5, 5.41) is 5.49. The van der Waals surface area contributed by atoms with Crippen LogP contribution in [0.3, 0.4) is 0 Å². The number of hydrogen-bond donors (Lipinski definition) is 3. The minimum atomic E-state index is -0.323. The summed E-state index contributed by atoms with van der Waals surface area (Å²) in [6.45, 7) is 0.134. The van der Waals surface area contributed by atoms with Crippen molar-refractivity contribution in [2.24, 2.45) is 5.73 Å². The molecule has 0 saturated heterocycles. The van der Waals surface area contributed by atoms with E-state index in [-0.39, 0.29) is 49.9 Å². The molecule has 1 atom stereocenters. The number of anilines is 2. The van der Waals surface area contributed by atoms with Crippen molar-refractivity contribution >= 4 is 35.6 Å². The van der Waals surface area contributed by atoms with Gasteiger partial charge in [-0.25, -0.2) is 0 Å². The monoisotopic (exact) mass is 393 g/mol. The number of rotatable bonds is 9. The molecule has 0 aliphatic carbocycles. The summed E-state index contributed by atoms with van der Waals surface area (Å²) in [7, 11) is 1.51. The zero-order valence-corrected chi connectivity index (χ0v) is 15.8. The van der Waals surface area contributed by atoms with Gasteiger partial charge >= 0.3 is 0 Å². The topological polar surface area (TPSA) is 103 Å². The molecule has 0 bridgehead atoms. The lowest BCUT2D eigenvalue weighted by atomic mass is 10.2. The first-order valence-corrected chi connectivity index (χ1v) is 8.21. The minimum absolute atomic E-state index is 0. The summed E-state index contributed by atoms with van der Waals surface area (Å²) in [5.41, 5.74) is 6.78. The summed E-state index contributed by atoms with van der Waals surface area (Å²) in [5.74, 6) is 0.00548. The first-order chi connectivity index (χ1) is 12.6. The molecule has 1 unspecified atom stereocenters. The number of nitrogens with two attached hydrogens (primary N) is 1. The second-order valence-electron chi connectivity index (χ2n) is 5.58. The van der Waals surface area contributed by atoms with Crippen LogP contribution in [0.5, 0.6) is 5.75 Å². The van der Waals surface area contributed by atoms with Crippen LogP contribution in [0.4, 0.5) is 11.4 Å². The van der Waals surface area contributed by atoms with E-state index in [2.05, 4.69) is 10.6 Å². The lowest BCUT2D eigenvalue weighted by Crippen LogP contribution is -2.28. The summed E-state index contributed by atoms with van der Waals surface area (Å²) < 4.78 is 10.6. The number of methoxy groups -OCH3 is 1. The maximum atomic E-state index is 12.0. The SMILES string of the molecule is COC(CN)CC(=O)Nc1cccc(OCC(=O)Nc2ccccc2)c1.Cl. The Bertz CT molecular complexity index is 724. The largest absolute Gasteiger partial charge is 0.484 e. The Balaban J connectivity index is 0.00000364. The minimum Gasteiger partial charge on any atom is -0.484 e. The molecule has 0 heterocycles. The Morgan fingerprint density at radius 1 is 1.00 bits per heavy atom. The van der Waals surface area contributed by atoms with Gasteiger partial charge in [-0.3, -0.25) is 9.59 Å². The van der Waals surface area contributed by atoms with E-state index >= 15 is 0 Å². The zero-order valence-electron chi connectivity index (χ0n) is 15.0. The van der Waals surface area contributed by atoms with Gasteiger partial charge in [0, 0.05) is 31.1 Å². The Labute approximate surface area is 164 Å². The molecule has 2 rings (SSSR count). The maximum absolute atomic E-state index is 12.0. The number of benzene rings is 2. The number of halogens is 1. The van der Waals surface area contributed by atoms with Crippen molar-refractivity contribution in [1.29, 1.82) is 0 Å². The molecule has 0 fully saturated rings. The molecule has 0 radical (unpaired) electrons. The molecule has 27 heavy (non-hydrogen) atoms. The molecule has 2 aromatic carbocycles. The lowest BCUT2D eigenvalue weighted by molar-refractivity contribution is -0.119. The molecule has 2 amide bonds. The van der Waals surface area contributed by atoms with Gasteiger partial charge in [-0.05, 0) is 24.3 Å². The fourth-order valence-electron chi connectivity index (χ4n) is 2.21. The molecule has 0 saturated carbocycles. The number of nitrogens with one attached hydrogen (secondary N) is 2. The molecular weight excluding hydrogens is 370 g/mol. The van der Waals surface area contributed by atoms with E-state index in [4.69, 9.17) is 15.2 Å². The lowest BCUT2D eigenvalue weighted by Gasteiger charge is -2.13. The Morgan fingerprint density at radius 3 is 2.33 bits per heavy atom. The zero-order chi connectivity index (χ0) is 18.8. The standard InChI is InChI=1S/C19H23N3O4.ClH/c1-25-17(12-20)11-18(23)22-15-8-5-9-16(10-15)26-13-19(24)21-14-6-3-2-4-7-14;/h2-10,17H,11-13,20H2,1H3,(H,21,24)(H,22,23);1H. The summed E-state index contributed by atoms with van der Waals surface area (Å²) in [4.78, 5) is 23.9. The molecule has 146 valence electrons. The second kappa shape index (κ2) is 11.9. The van der Waals surface area contributed by atoms with Crippen LogP contribution in [0, 0.1) is 0 Å². The van der Waals surface area contributed by atoms with E-state index in [1.807, 2.05) is 18.2 Å². The van der Waals surface area contributed by atoms with Crippen LogP contribution in [0.1, 0.15) is 6.42 Å². The van der Waals surface area contributed by atoms with E-state index < -0.39 is 0 Å². The number of amides is 2. The van der Waals surface area contributed by atoms with Crippen molar-refractivity contribution in [3.05, 3.63) is 54.6 Å². The van der Waals surface area contributed by atoms with Gasteiger partial charge in [-0.2, -0.15) is 0 Å². The van der Waals surface area contributed by atoms with Gasteiger partial charge < -0.3 is 25.8 Å². The van der Waals surface area contributed by atoms with E-state index in [9.17, 15) is 9.59 Å². The van der Waals surface area contributed by atoms with Crippen LogP contribution in [0.15, 0.2) is 54.6 Å². The van der Waals surface area contributed by atoms with E-state index in [1.165, 1.54) is 7.11 Å². The van der Waals surface area contributed by atoms with Gasteiger partial charge in [0.15, 0.2) is 6.61 Å². The number of carbonyl (C=O) groups is 2. The molecular formula is C19H24ClN3O4. The van der Waals surface area contributed by atoms with Crippen molar-refractivity contribution in [1.82, 2.24) is 0 Å². The Morgan fingerprint density at radius 2 is 1.67 bits per heavy atom. The highest BCUT2D eigenvalue weighted by molar-refractivity contribution is 5.92. The fourth-order valence-corrected chi connectivity index (χ4v) is 2.21. The van der Waals surface area contributed by atoms with Crippen LogP contribution in [0.25, 0.3) is 0 Å². The molecule has 4 N–H and O–H groups in total. The van der Waals surface area contributed by atoms with E-state index in [0.717, 1.165) is 0 Å². The van der Waals surface area contributed by atoms with Crippen LogP contribution < -0.4 is 21.1 Å². The highest BCUT2D eigenvalue weighted by Crippen LogP contribution is 2.18. The summed E-state index contributed by atoms with van der Waals surface area (Å²) in [6, 6.07) is 16.0. The van der Waals surface area contributed by atoms with Gasteiger partial charge in [0.1, 0.15) is 5.75 Å². The normalized spacial score (nSPS) is 11.0. The van der Waals surface area contributed by atoms with Crippen molar-refractivity contribution in [3.63, 3.8) is 0 Å². The van der Waals surface area contributed by atoms with Gasteiger partial charge in [0.25, 0.3) is 5.91 Å². The molecule has 7 nitrogen and oxygen atoms in total. The third-order valence-electron chi connectivity index (χ3n) is 3.55. The van der Waals surface area contributed by atoms with Gasteiger partial charge in [-0.15, -0.1) is 12.4 Å². The van der Waals surface area contributed by atoms with Gasteiger partial charge in [0.2, 0.25) is 5.91 Å². The molecule has 8 heteroatoms. The Hall–Kier alpha value is -2.61. The molecule has 0 aliphatic rings. The summed E-state index contributed by atoms with van der Waals surface area (Å²) >= 11 is 0. The van der Waals surface area contributed by atoms with E-state index in [1.54, 1.807) is 36.4 Å². The van der Waals surface area contributed by atoms with E-state index in [0.29, 0.717) is 17.1 Å². The van der Waals surface area contributed by atoms with Gasteiger partial charge in [-0.1, -0.05) is 24.3 Å². The average molecular weight is 394 g/mol. The molecule has 0 spiro atoms. The van der Waals surface area contributed by atoms with Gasteiger partial charge in [0.05, 0.1) is 12.5 Å². The number of carbonyl (C=O) groups excluding carboxylic acids is 2. The smallest absolute Gasteiger partial charge is 0.262 e.